The zero-order valence-corrected chi connectivity index (χ0v) is 17.5. The van der Waals surface area contributed by atoms with Crippen molar-refractivity contribution in [3.05, 3.63) is 35.5 Å². The highest BCUT2D eigenvalue weighted by Crippen LogP contribution is 2.34. The van der Waals surface area contributed by atoms with Gasteiger partial charge < -0.3 is 13.9 Å². The molecule has 160 valence electrons. The first kappa shape index (κ1) is 21.8. The molecule has 0 aliphatic heterocycles. The third kappa shape index (κ3) is 5.81. The highest BCUT2D eigenvalue weighted by atomic mass is 32.2. The van der Waals surface area contributed by atoms with E-state index in [1.165, 1.54) is 24.4 Å². The highest BCUT2D eigenvalue weighted by molar-refractivity contribution is 7.99. The molecule has 0 radical (unpaired) electrons. The van der Waals surface area contributed by atoms with Crippen LogP contribution in [0.3, 0.4) is 0 Å². The maximum atomic E-state index is 13.0. The van der Waals surface area contributed by atoms with E-state index in [4.69, 9.17) is 4.42 Å². The fourth-order valence-electron chi connectivity index (χ4n) is 3.72. The second-order valence-corrected chi connectivity index (χ2v) is 8.40. The first-order valence-corrected chi connectivity index (χ1v) is 10.8. The average Bonchev–Trinajstić information content (AvgIpc) is 3.27. The van der Waals surface area contributed by atoms with Crippen molar-refractivity contribution in [3.8, 4) is 0 Å². The SMILES string of the molecule is Cc1nc(SCC(=O)N(Cc2ccco2)CC(F)(F)F)n(C2CCCCC2)c1C. The second kappa shape index (κ2) is 9.28. The van der Waals surface area contributed by atoms with Gasteiger partial charge in [-0.05, 0) is 38.8 Å². The van der Waals surface area contributed by atoms with Crippen molar-refractivity contribution in [2.45, 2.75) is 69.9 Å². The summed E-state index contributed by atoms with van der Waals surface area (Å²) in [6.45, 7) is 2.42. The standard InChI is InChI=1S/C20H26F3N3O2S/c1-14-15(2)26(16-7-4-3-5-8-16)19(24-14)29-12-18(27)25(13-20(21,22)23)11-17-9-6-10-28-17/h6,9-10,16H,3-5,7-8,11-13H2,1-2H3. The van der Waals surface area contributed by atoms with E-state index in [1.807, 2.05) is 13.8 Å². The van der Waals surface area contributed by atoms with Gasteiger partial charge in [0, 0.05) is 11.7 Å². The lowest BCUT2D eigenvalue weighted by atomic mass is 9.95. The fraction of sp³-hybridized carbons (Fsp3) is 0.600. The number of alkyl halides is 3. The van der Waals surface area contributed by atoms with Gasteiger partial charge in [-0.3, -0.25) is 4.79 Å². The second-order valence-electron chi connectivity index (χ2n) is 7.46. The fourth-order valence-corrected chi connectivity index (χ4v) is 4.79. The summed E-state index contributed by atoms with van der Waals surface area (Å²) >= 11 is 1.21. The first-order chi connectivity index (χ1) is 13.7. The Morgan fingerprint density at radius 1 is 1.31 bits per heavy atom. The summed E-state index contributed by atoms with van der Waals surface area (Å²) in [5, 5.41) is 0.713. The molecule has 0 unspecified atom stereocenters. The lowest BCUT2D eigenvalue weighted by Crippen LogP contribution is -2.39. The van der Waals surface area contributed by atoms with Crippen LogP contribution in [-0.4, -0.2) is 38.8 Å². The Kier molecular flexibility index (Phi) is 6.97. The van der Waals surface area contributed by atoms with Crippen molar-refractivity contribution in [2.75, 3.05) is 12.3 Å². The van der Waals surface area contributed by atoms with Gasteiger partial charge >= 0.3 is 6.18 Å². The van der Waals surface area contributed by atoms with Gasteiger partial charge in [0.25, 0.3) is 0 Å². The molecule has 2 aromatic heterocycles. The zero-order valence-electron chi connectivity index (χ0n) is 16.7. The average molecular weight is 430 g/mol. The first-order valence-electron chi connectivity index (χ1n) is 9.79. The van der Waals surface area contributed by atoms with E-state index in [-0.39, 0.29) is 12.3 Å². The number of aromatic nitrogens is 2. The maximum absolute atomic E-state index is 13.0. The van der Waals surface area contributed by atoms with Crippen LogP contribution in [0.4, 0.5) is 13.2 Å². The van der Waals surface area contributed by atoms with Gasteiger partial charge in [-0.1, -0.05) is 31.0 Å². The molecule has 1 aliphatic rings. The minimum absolute atomic E-state index is 0.0978. The van der Waals surface area contributed by atoms with Gasteiger partial charge in [0.05, 0.1) is 24.3 Å². The molecule has 0 bridgehead atoms. The Balaban J connectivity index is 1.71. The predicted molar refractivity (Wildman–Crippen MR) is 105 cm³/mol. The van der Waals surface area contributed by atoms with Crippen LogP contribution in [-0.2, 0) is 11.3 Å². The molecule has 0 spiro atoms. The molecule has 0 saturated heterocycles. The van der Waals surface area contributed by atoms with Gasteiger partial charge in [-0.25, -0.2) is 4.98 Å². The maximum Gasteiger partial charge on any atom is 0.406 e. The molecule has 9 heteroatoms. The number of halogens is 3. The third-order valence-electron chi connectivity index (χ3n) is 5.27. The number of imidazole rings is 1. The molecule has 2 aromatic rings. The molecule has 0 atom stereocenters. The number of hydrogen-bond acceptors (Lipinski definition) is 4. The summed E-state index contributed by atoms with van der Waals surface area (Å²) in [5.74, 6) is -0.362. The molecule has 0 N–H and O–H groups in total. The number of rotatable bonds is 7. The number of carbonyl (C=O) groups excluding carboxylic acids is 1. The van der Waals surface area contributed by atoms with Crippen molar-refractivity contribution >= 4 is 17.7 Å². The lowest BCUT2D eigenvalue weighted by Gasteiger charge is -2.26. The van der Waals surface area contributed by atoms with E-state index in [0.29, 0.717) is 17.0 Å². The van der Waals surface area contributed by atoms with Crippen LogP contribution in [0.1, 0.15) is 55.3 Å². The van der Waals surface area contributed by atoms with Crippen LogP contribution in [0.5, 0.6) is 0 Å². The summed E-state index contributed by atoms with van der Waals surface area (Å²) < 4.78 is 46.2. The minimum Gasteiger partial charge on any atom is -0.467 e. The minimum atomic E-state index is -4.47. The predicted octanol–water partition coefficient (Wildman–Crippen LogP) is 5.28. The molecule has 1 aliphatic carbocycles. The van der Waals surface area contributed by atoms with Crippen LogP contribution >= 0.6 is 11.8 Å². The molecular weight excluding hydrogens is 403 g/mol. The Morgan fingerprint density at radius 3 is 2.66 bits per heavy atom. The van der Waals surface area contributed by atoms with E-state index < -0.39 is 18.6 Å². The molecule has 1 saturated carbocycles. The normalized spacial score (nSPS) is 15.6. The van der Waals surface area contributed by atoms with Crippen molar-refractivity contribution in [1.82, 2.24) is 14.5 Å². The number of amides is 1. The van der Waals surface area contributed by atoms with E-state index in [2.05, 4.69) is 9.55 Å². The lowest BCUT2D eigenvalue weighted by molar-refractivity contribution is -0.161. The van der Waals surface area contributed by atoms with Crippen molar-refractivity contribution in [3.63, 3.8) is 0 Å². The van der Waals surface area contributed by atoms with E-state index >= 15 is 0 Å². The summed E-state index contributed by atoms with van der Waals surface area (Å²) in [4.78, 5) is 18.0. The van der Waals surface area contributed by atoms with Gasteiger partial charge in [0.1, 0.15) is 12.3 Å². The van der Waals surface area contributed by atoms with E-state index in [1.54, 1.807) is 12.1 Å². The van der Waals surface area contributed by atoms with Crippen molar-refractivity contribution in [2.24, 2.45) is 0 Å². The Morgan fingerprint density at radius 2 is 2.03 bits per heavy atom. The molecule has 0 aromatic carbocycles. The molecule has 3 rings (SSSR count). The van der Waals surface area contributed by atoms with Gasteiger partial charge in [0.15, 0.2) is 5.16 Å². The summed E-state index contributed by atoms with van der Waals surface area (Å²) in [6, 6.07) is 3.50. The summed E-state index contributed by atoms with van der Waals surface area (Å²) in [6.07, 6.45) is 2.59. The van der Waals surface area contributed by atoms with Gasteiger partial charge in [0.2, 0.25) is 5.91 Å². The van der Waals surface area contributed by atoms with Crippen LogP contribution in [0.25, 0.3) is 0 Å². The van der Waals surface area contributed by atoms with Crippen LogP contribution in [0.15, 0.2) is 28.0 Å². The quantitative estimate of drug-likeness (QED) is 0.562. The monoisotopic (exact) mass is 429 g/mol. The van der Waals surface area contributed by atoms with Crippen LogP contribution < -0.4 is 0 Å². The van der Waals surface area contributed by atoms with Crippen LogP contribution in [0.2, 0.25) is 0 Å². The molecule has 2 heterocycles. The topological polar surface area (TPSA) is 51.3 Å². The number of nitrogens with zero attached hydrogens (tertiary/aromatic N) is 3. The Bertz CT molecular complexity index is 812. The van der Waals surface area contributed by atoms with Crippen LogP contribution in [0, 0.1) is 13.8 Å². The highest BCUT2D eigenvalue weighted by Gasteiger charge is 2.33. The number of hydrogen-bond donors (Lipinski definition) is 0. The zero-order chi connectivity index (χ0) is 21.0. The Hall–Kier alpha value is -1.90. The molecule has 29 heavy (non-hydrogen) atoms. The molecule has 5 nitrogen and oxygen atoms in total. The smallest absolute Gasteiger partial charge is 0.406 e. The van der Waals surface area contributed by atoms with Gasteiger partial charge in [-0.15, -0.1) is 0 Å². The summed E-state index contributed by atoms with van der Waals surface area (Å²) in [5.41, 5.74) is 1.96. The third-order valence-corrected chi connectivity index (χ3v) is 6.21. The summed E-state index contributed by atoms with van der Waals surface area (Å²) in [7, 11) is 0. The Labute approximate surface area is 172 Å². The molecule has 1 fully saturated rings. The number of aryl methyl sites for hydroxylation is 1. The molecular formula is C20H26F3N3O2S. The van der Waals surface area contributed by atoms with E-state index in [9.17, 15) is 18.0 Å². The number of furan rings is 1. The number of thioether (sulfide) groups is 1. The van der Waals surface area contributed by atoms with Gasteiger partial charge in [-0.2, -0.15) is 13.2 Å². The van der Waals surface area contributed by atoms with Crippen molar-refractivity contribution < 1.29 is 22.4 Å². The largest absolute Gasteiger partial charge is 0.467 e. The molecule has 1 amide bonds. The number of carbonyl (C=O) groups is 1. The van der Waals surface area contributed by atoms with E-state index in [0.717, 1.165) is 42.0 Å². The van der Waals surface area contributed by atoms with Crippen molar-refractivity contribution in [1.29, 1.82) is 0 Å².